The van der Waals surface area contributed by atoms with Gasteiger partial charge in [0.2, 0.25) is 5.91 Å². The Labute approximate surface area is 154 Å². The zero-order valence-electron chi connectivity index (χ0n) is 15.7. The lowest BCUT2D eigenvalue weighted by atomic mass is 10.1. The molecule has 1 N–H and O–H groups in total. The van der Waals surface area contributed by atoms with Crippen molar-refractivity contribution >= 4 is 17.7 Å². The molecule has 0 bridgehead atoms. The van der Waals surface area contributed by atoms with E-state index in [4.69, 9.17) is 14.2 Å². The lowest BCUT2D eigenvalue weighted by molar-refractivity contribution is -0.111. The highest BCUT2D eigenvalue weighted by atomic mass is 16.5. The van der Waals surface area contributed by atoms with Crippen molar-refractivity contribution in [1.82, 2.24) is 0 Å². The maximum absolute atomic E-state index is 12.2. The third-order valence-corrected chi connectivity index (χ3v) is 3.82. The predicted molar refractivity (Wildman–Crippen MR) is 104 cm³/mol. The molecule has 0 atom stereocenters. The van der Waals surface area contributed by atoms with Crippen LogP contribution in [-0.4, -0.2) is 33.3 Å². The van der Waals surface area contributed by atoms with Crippen molar-refractivity contribution in [1.29, 1.82) is 0 Å². The molecule has 0 aliphatic heterocycles. The van der Waals surface area contributed by atoms with E-state index in [9.17, 15) is 4.79 Å². The van der Waals surface area contributed by atoms with Gasteiger partial charge in [-0.15, -0.1) is 0 Å². The largest absolute Gasteiger partial charge is 0.493 e. The summed E-state index contributed by atoms with van der Waals surface area (Å²) in [6.07, 6.45) is 3.33. The molecule has 0 aromatic heterocycles. The molecular weight excluding hydrogens is 330 g/mol. The van der Waals surface area contributed by atoms with Gasteiger partial charge in [-0.05, 0) is 43.2 Å². The van der Waals surface area contributed by atoms with Crippen molar-refractivity contribution in [3.8, 4) is 11.5 Å². The number of anilines is 1. The predicted octanol–water partition coefficient (Wildman–Crippen LogP) is 3.99. The highest BCUT2D eigenvalue weighted by Gasteiger charge is 2.07. The molecule has 0 radical (unpaired) electrons. The Hall–Kier alpha value is -2.79. The van der Waals surface area contributed by atoms with Crippen LogP contribution >= 0.6 is 0 Å². The van der Waals surface area contributed by atoms with Gasteiger partial charge in [0.05, 0.1) is 13.7 Å². The second-order valence-electron chi connectivity index (χ2n) is 5.89. The van der Waals surface area contributed by atoms with Crippen molar-refractivity contribution in [2.45, 2.75) is 13.8 Å². The first kappa shape index (κ1) is 19.5. The molecule has 5 heteroatoms. The number of benzene rings is 2. The topological polar surface area (TPSA) is 56.8 Å². The molecule has 0 spiro atoms. The Balaban J connectivity index is 2.05. The van der Waals surface area contributed by atoms with Crippen LogP contribution in [0, 0.1) is 13.8 Å². The van der Waals surface area contributed by atoms with E-state index in [0.717, 1.165) is 11.1 Å². The maximum Gasteiger partial charge on any atom is 0.248 e. The van der Waals surface area contributed by atoms with Crippen LogP contribution in [0.5, 0.6) is 11.5 Å². The fourth-order valence-electron chi connectivity index (χ4n) is 2.46. The lowest BCUT2D eigenvalue weighted by Gasteiger charge is -2.12. The molecule has 0 aliphatic carbocycles. The molecule has 0 saturated carbocycles. The zero-order valence-corrected chi connectivity index (χ0v) is 15.7. The maximum atomic E-state index is 12.2. The molecule has 0 aliphatic rings. The normalized spacial score (nSPS) is 10.8. The highest BCUT2D eigenvalue weighted by molar-refractivity contribution is 6.02. The number of amides is 1. The molecule has 26 heavy (non-hydrogen) atoms. The van der Waals surface area contributed by atoms with Gasteiger partial charge in [0.15, 0.2) is 11.5 Å². The van der Waals surface area contributed by atoms with E-state index in [0.29, 0.717) is 30.4 Å². The van der Waals surface area contributed by atoms with Crippen LogP contribution in [0.25, 0.3) is 6.08 Å². The van der Waals surface area contributed by atoms with Gasteiger partial charge in [0.25, 0.3) is 0 Å². The quantitative estimate of drug-likeness (QED) is 0.575. The molecule has 0 fully saturated rings. The number of carbonyl (C=O) groups excluding carboxylic acids is 1. The number of aryl methyl sites for hydroxylation is 2. The summed E-state index contributed by atoms with van der Waals surface area (Å²) < 4.78 is 15.9. The Morgan fingerprint density at radius 1 is 1.04 bits per heavy atom. The van der Waals surface area contributed by atoms with Crippen molar-refractivity contribution in [2.24, 2.45) is 0 Å². The van der Waals surface area contributed by atoms with Gasteiger partial charge in [-0.2, -0.15) is 0 Å². The van der Waals surface area contributed by atoms with E-state index in [1.807, 2.05) is 32.1 Å². The third kappa shape index (κ3) is 5.63. The molecule has 1 amide bonds. The monoisotopic (exact) mass is 355 g/mol. The molecule has 138 valence electrons. The number of hydrogen-bond donors (Lipinski definition) is 1. The van der Waals surface area contributed by atoms with Gasteiger partial charge in [0, 0.05) is 24.9 Å². The van der Waals surface area contributed by atoms with E-state index in [1.165, 1.54) is 11.6 Å². The van der Waals surface area contributed by atoms with E-state index < -0.39 is 0 Å². The summed E-state index contributed by atoms with van der Waals surface area (Å²) in [4.78, 5) is 12.2. The van der Waals surface area contributed by atoms with E-state index in [2.05, 4.69) is 11.4 Å². The van der Waals surface area contributed by atoms with Gasteiger partial charge in [-0.25, -0.2) is 0 Å². The van der Waals surface area contributed by atoms with Gasteiger partial charge in [0.1, 0.15) is 6.61 Å². The molecule has 2 aromatic rings. The number of ether oxygens (including phenoxy) is 3. The van der Waals surface area contributed by atoms with Crippen molar-refractivity contribution in [3.63, 3.8) is 0 Å². The first-order valence-electron chi connectivity index (χ1n) is 8.39. The smallest absolute Gasteiger partial charge is 0.248 e. The Bertz CT molecular complexity index is 784. The van der Waals surface area contributed by atoms with Crippen LogP contribution in [0.3, 0.4) is 0 Å². The Kier molecular flexibility index (Phi) is 7.24. The van der Waals surface area contributed by atoms with Crippen LogP contribution in [0.2, 0.25) is 0 Å². The van der Waals surface area contributed by atoms with Gasteiger partial charge < -0.3 is 19.5 Å². The Morgan fingerprint density at radius 2 is 1.85 bits per heavy atom. The first-order valence-corrected chi connectivity index (χ1v) is 8.39. The Morgan fingerprint density at radius 3 is 2.54 bits per heavy atom. The summed E-state index contributed by atoms with van der Waals surface area (Å²) >= 11 is 0. The number of methoxy groups -OCH3 is 2. The molecule has 0 saturated heterocycles. The van der Waals surface area contributed by atoms with Crippen molar-refractivity contribution in [2.75, 3.05) is 32.8 Å². The summed E-state index contributed by atoms with van der Waals surface area (Å²) in [5, 5.41) is 2.83. The number of rotatable bonds is 8. The van der Waals surface area contributed by atoms with Crippen LogP contribution in [0.4, 0.5) is 5.69 Å². The lowest BCUT2D eigenvalue weighted by Crippen LogP contribution is -2.09. The fourth-order valence-corrected chi connectivity index (χ4v) is 2.46. The standard InChI is InChI=1S/C21H25NO4/c1-15-5-6-17(16(2)13-15)7-10-21(23)22-18-8-9-19(25-4)20(14-18)26-12-11-24-3/h5-10,13-14H,11-12H2,1-4H3,(H,22,23)/b10-7+. The summed E-state index contributed by atoms with van der Waals surface area (Å²) in [7, 11) is 3.18. The van der Waals surface area contributed by atoms with E-state index in [1.54, 1.807) is 32.4 Å². The summed E-state index contributed by atoms with van der Waals surface area (Å²) in [5.74, 6) is 0.948. The summed E-state index contributed by atoms with van der Waals surface area (Å²) in [6.45, 7) is 4.94. The SMILES string of the molecule is COCCOc1cc(NC(=O)/C=C/c2ccc(C)cc2C)ccc1OC. The summed E-state index contributed by atoms with van der Waals surface area (Å²) in [6, 6.07) is 11.4. The average molecular weight is 355 g/mol. The third-order valence-electron chi connectivity index (χ3n) is 3.82. The number of carbonyl (C=O) groups is 1. The fraction of sp³-hybridized carbons (Fsp3) is 0.286. The van der Waals surface area contributed by atoms with Crippen molar-refractivity contribution in [3.05, 3.63) is 59.2 Å². The van der Waals surface area contributed by atoms with Crippen molar-refractivity contribution < 1.29 is 19.0 Å². The van der Waals surface area contributed by atoms with Crippen LogP contribution in [-0.2, 0) is 9.53 Å². The highest BCUT2D eigenvalue weighted by Crippen LogP contribution is 2.30. The second-order valence-corrected chi connectivity index (χ2v) is 5.89. The first-order chi connectivity index (χ1) is 12.5. The minimum atomic E-state index is -0.210. The molecule has 2 rings (SSSR count). The number of nitrogens with one attached hydrogen (secondary N) is 1. The van der Waals surface area contributed by atoms with Crippen LogP contribution < -0.4 is 14.8 Å². The van der Waals surface area contributed by atoms with Gasteiger partial charge in [-0.3, -0.25) is 4.79 Å². The molecule has 2 aromatic carbocycles. The van der Waals surface area contributed by atoms with E-state index >= 15 is 0 Å². The minimum absolute atomic E-state index is 0.210. The molecular formula is C21H25NO4. The van der Waals surface area contributed by atoms with E-state index in [-0.39, 0.29) is 5.91 Å². The summed E-state index contributed by atoms with van der Waals surface area (Å²) in [5.41, 5.74) is 3.98. The van der Waals surface area contributed by atoms with Gasteiger partial charge in [-0.1, -0.05) is 23.8 Å². The second kappa shape index (κ2) is 9.63. The average Bonchev–Trinajstić information content (AvgIpc) is 2.61. The van der Waals surface area contributed by atoms with Crippen LogP contribution in [0.1, 0.15) is 16.7 Å². The molecule has 0 heterocycles. The van der Waals surface area contributed by atoms with Crippen LogP contribution in [0.15, 0.2) is 42.5 Å². The molecule has 0 unspecified atom stereocenters. The molecule has 5 nitrogen and oxygen atoms in total. The minimum Gasteiger partial charge on any atom is -0.493 e. The van der Waals surface area contributed by atoms with Gasteiger partial charge >= 0.3 is 0 Å². The zero-order chi connectivity index (χ0) is 18.9. The number of hydrogen-bond acceptors (Lipinski definition) is 4.